The van der Waals surface area contributed by atoms with Crippen molar-refractivity contribution in [2.75, 3.05) is 46.4 Å². The van der Waals surface area contributed by atoms with Crippen molar-refractivity contribution >= 4 is 5.91 Å². The highest BCUT2D eigenvalue weighted by Crippen LogP contribution is 2.22. The van der Waals surface area contributed by atoms with Crippen LogP contribution >= 0.6 is 0 Å². The summed E-state index contributed by atoms with van der Waals surface area (Å²) in [7, 11) is 1.64. The Balaban J connectivity index is 2.22. The van der Waals surface area contributed by atoms with Crippen LogP contribution in [0.3, 0.4) is 0 Å². The van der Waals surface area contributed by atoms with E-state index in [0.29, 0.717) is 0 Å². The zero-order valence-corrected chi connectivity index (χ0v) is 13.3. The number of piperidine rings is 1. The van der Waals surface area contributed by atoms with Gasteiger partial charge in [-0.25, -0.2) is 0 Å². The number of hydrogen-bond acceptors (Lipinski definition) is 4. The number of unbranched alkanes of at least 4 members (excludes halogenated alkanes) is 1. The molecule has 0 bridgehead atoms. The molecule has 5 heteroatoms. The molecule has 1 aliphatic heterocycles. The molecule has 0 aromatic carbocycles. The van der Waals surface area contributed by atoms with Crippen LogP contribution in [0.25, 0.3) is 0 Å². The standard InChI is InChI=1S/C15H31N3O2/c1-4-18(5-2)13-7-6-10-17-14(19)15(20-3)8-11-16-12-9-15/h16H,4-13H2,1-3H3,(H,17,19). The Morgan fingerprint density at radius 3 is 2.45 bits per heavy atom. The number of nitrogens with zero attached hydrogens (tertiary/aromatic N) is 1. The minimum absolute atomic E-state index is 0.0596. The van der Waals surface area contributed by atoms with Gasteiger partial charge in [0.25, 0.3) is 5.91 Å². The molecule has 118 valence electrons. The zero-order valence-electron chi connectivity index (χ0n) is 13.3. The zero-order chi connectivity index (χ0) is 14.8. The molecular formula is C15H31N3O2. The fraction of sp³-hybridized carbons (Fsp3) is 0.933. The molecule has 0 radical (unpaired) electrons. The first-order valence-corrected chi connectivity index (χ1v) is 7.95. The van der Waals surface area contributed by atoms with Crippen LogP contribution < -0.4 is 10.6 Å². The van der Waals surface area contributed by atoms with E-state index in [1.807, 2.05) is 0 Å². The fourth-order valence-electron chi connectivity index (χ4n) is 2.72. The van der Waals surface area contributed by atoms with E-state index in [1.54, 1.807) is 7.11 Å². The van der Waals surface area contributed by atoms with E-state index in [1.165, 1.54) is 0 Å². The fourth-order valence-corrected chi connectivity index (χ4v) is 2.72. The first kappa shape index (κ1) is 17.4. The SMILES string of the molecule is CCN(CC)CCCCNC(=O)C1(OC)CCNCC1. The van der Waals surface area contributed by atoms with Gasteiger partial charge in [0, 0.05) is 13.7 Å². The Hall–Kier alpha value is -0.650. The second kappa shape index (κ2) is 9.32. The maximum atomic E-state index is 12.3. The highest BCUT2D eigenvalue weighted by Gasteiger charge is 2.39. The Morgan fingerprint density at radius 1 is 1.25 bits per heavy atom. The van der Waals surface area contributed by atoms with Crippen molar-refractivity contribution in [3.8, 4) is 0 Å². The topological polar surface area (TPSA) is 53.6 Å². The normalized spacial score (nSPS) is 18.2. The predicted octanol–water partition coefficient (Wildman–Crippen LogP) is 0.993. The molecule has 0 spiro atoms. The molecule has 1 saturated heterocycles. The molecule has 1 heterocycles. The van der Waals surface area contributed by atoms with Crippen LogP contribution in [0.4, 0.5) is 0 Å². The molecule has 1 amide bonds. The van der Waals surface area contributed by atoms with Gasteiger partial charge in [-0.1, -0.05) is 13.8 Å². The molecule has 0 aliphatic carbocycles. The highest BCUT2D eigenvalue weighted by atomic mass is 16.5. The summed E-state index contributed by atoms with van der Waals surface area (Å²) >= 11 is 0. The molecule has 2 N–H and O–H groups in total. The van der Waals surface area contributed by atoms with Crippen LogP contribution in [0.2, 0.25) is 0 Å². The van der Waals surface area contributed by atoms with Gasteiger partial charge in [0.2, 0.25) is 0 Å². The lowest BCUT2D eigenvalue weighted by molar-refractivity contribution is -0.146. The summed E-state index contributed by atoms with van der Waals surface area (Å²) in [5.41, 5.74) is -0.607. The highest BCUT2D eigenvalue weighted by molar-refractivity contribution is 5.85. The third-order valence-corrected chi connectivity index (χ3v) is 4.30. The van der Waals surface area contributed by atoms with Gasteiger partial charge in [-0.3, -0.25) is 4.79 Å². The van der Waals surface area contributed by atoms with E-state index in [0.717, 1.165) is 65.0 Å². The van der Waals surface area contributed by atoms with Crippen molar-refractivity contribution in [3.63, 3.8) is 0 Å². The number of rotatable bonds is 9. The van der Waals surface area contributed by atoms with Gasteiger partial charge in [-0.05, 0) is 58.4 Å². The molecule has 5 nitrogen and oxygen atoms in total. The van der Waals surface area contributed by atoms with Gasteiger partial charge in [-0.2, -0.15) is 0 Å². The van der Waals surface area contributed by atoms with Gasteiger partial charge in [0.15, 0.2) is 0 Å². The average molecular weight is 285 g/mol. The van der Waals surface area contributed by atoms with Gasteiger partial charge in [0.1, 0.15) is 5.60 Å². The molecule has 1 fully saturated rings. The summed E-state index contributed by atoms with van der Waals surface area (Å²) in [6.45, 7) is 10.1. The largest absolute Gasteiger partial charge is 0.368 e. The maximum absolute atomic E-state index is 12.3. The van der Waals surface area contributed by atoms with E-state index in [4.69, 9.17) is 4.74 Å². The second-order valence-electron chi connectivity index (χ2n) is 5.44. The minimum Gasteiger partial charge on any atom is -0.368 e. The summed E-state index contributed by atoms with van der Waals surface area (Å²) in [5.74, 6) is 0.0596. The van der Waals surface area contributed by atoms with Crippen LogP contribution in [0.1, 0.15) is 39.5 Å². The molecule has 20 heavy (non-hydrogen) atoms. The Morgan fingerprint density at radius 2 is 1.90 bits per heavy atom. The summed E-state index contributed by atoms with van der Waals surface area (Å²) in [4.78, 5) is 14.7. The number of hydrogen-bond donors (Lipinski definition) is 2. The molecule has 1 rings (SSSR count). The quantitative estimate of drug-likeness (QED) is 0.621. The van der Waals surface area contributed by atoms with Gasteiger partial charge < -0.3 is 20.3 Å². The Labute approximate surface area is 123 Å². The van der Waals surface area contributed by atoms with E-state index >= 15 is 0 Å². The Bertz CT molecular complexity index is 274. The van der Waals surface area contributed by atoms with Crippen LogP contribution in [-0.2, 0) is 9.53 Å². The Kier molecular flexibility index (Phi) is 8.11. The van der Waals surface area contributed by atoms with Crippen molar-refractivity contribution in [1.82, 2.24) is 15.5 Å². The van der Waals surface area contributed by atoms with Crippen molar-refractivity contribution in [2.24, 2.45) is 0 Å². The van der Waals surface area contributed by atoms with Crippen molar-refractivity contribution in [1.29, 1.82) is 0 Å². The third kappa shape index (κ3) is 5.04. The van der Waals surface area contributed by atoms with Crippen LogP contribution in [0.15, 0.2) is 0 Å². The first-order chi connectivity index (χ1) is 9.68. The van der Waals surface area contributed by atoms with Crippen molar-refractivity contribution in [3.05, 3.63) is 0 Å². The molecule has 0 atom stereocenters. The number of amides is 1. The van der Waals surface area contributed by atoms with Gasteiger partial charge >= 0.3 is 0 Å². The summed E-state index contributed by atoms with van der Waals surface area (Å²) in [5, 5.41) is 6.31. The molecular weight excluding hydrogens is 254 g/mol. The van der Waals surface area contributed by atoms with Crippen molar-refractivity contribution in [2.45, 2.75) is 45.1 Å². The third-order valence-electron chi connectivity index (χ3n) is 4.30. The van der Waals surface area contributed by atoms with Gasteiger partial charge in [0.05, 0.1) is 0 Å². The number of carbonyl (C=O) groups is 1. The van der Waals surface area contributed by atoms with Crippen LogP contribution in [0, 0.1) is 0 Å². The number of ether oxygens (including phenoxy) is 1. The molecule has 0 aromatic heterocycles. The van der Waals surface area contributed by atoms with E-state index in [2.05, 4.69) is 29.4 Å². The smallest absolute Gasteiger partial charge is 0.252 e. The van der Waals surface area contributed by atoms with Crippen LogP contribution in [-0.4, -0.2) is 62.8 Å². The lowest BCUT2D eigenvalue weighted by Gasteiger charge is -2.34. The van der Waals surface area contributed by atoms with E-state index < -0.39 is 5.60 Å². The monoisotopic (exact) mass is 285 g/mol. The molecule has 0 aromatic rings. The summed E-state index contributed by atoms with van der Waals surface area (Å²) in [6.07, 6.45) is 3.67. The van der Waals surface area contributed by atoms with E-state index in [9.17, 15) is 4.79 Å². The average Bonchev–Trinajstić information content (AvgIpc) is 2.51. The summed E-state index contributed by atoms with van der Waals surface area (Å²) in [6, 6.07) is 0. The molecule has 0 saturated carbocycles. The minimum atomic E-state index is -0.607. The van der Waals surface area contributed by atoms with Crippen LogP contribution in [0.5, 0.6) is 0 Å². The van der Waals surface area contributed by atoms with Gasteiger partial charge in [-0.15, -0.1) is 0 Å². The number of methoxy groups -OCH3 is 1. The predicted molar refractivity (Wildman–Crippen MR) is 81.9 cm³/mol. The number of carbonyl (C=O) groups excluding carboxylic acids is 1. The first-order valence-electron chi connectivity index (χ1n) is 7.95. The van der Waals surface area contributed by atoms with E-state index in [-0.39, 0.29) is 5.91 Å². The second-order valence-corrected chi connectivity index (χ2v) is 5.44. The molecule has 0 unspecified atom stereocenters. The lowest BCUT2D eigenvalue weighted by atomic mass is 9.91. The lowest BCUT2D eigenvalue weighted by Crippen LogP contribution is -2.54. The van der Waals surface area contributed by atoms with Crippen molar-refractivity contribution < 1.29 is 9.53 Å². The number of nitrogens with one attached hydrogen (secondary N) is 2. The summed E-state index contributed by atoms with van der Waals surface area (Å²) < 4.78 is 5.51. The maximum Gasteiger partial charge on any atom is 0.252 e. The molecule has 1 aliphatic rings.